The van der Waals surface area contributed by atoms with Crippen molar-refractivity contribution < 1.29 is 26.7 Å². The molecule has 8 heteroatoms. The minimum atomic E-state index is -4.30. The van der Waals surface area contributed by atoms with E-state index in [0.717, 1.165) is 0 Å². The lowest BCUT2D eigenvalue weighted by molar-refractivity contribution is -0.139. The van der Waals surface area contributed by atoms with Crippen molar-refractivity contribution in [1.82, 2.24) is 5.32 Å². The van der Waals surface area contributed by atoms with Gasteiger partial charge in [0.15, 0.2) is 9.84 Å². The molecule has 0 saturated carbocycles. The summed E-state index contributed by atoms with van der Waals surface area (Å²) < 4.78 is 58.2. The molecule has 0 spiro atoms. The van der Waals surface area contributed by atoms with Crippen LogP contribution in [0.5, 0.6) is 0 Å². The lowest BCUT2D eigenvalue weighted by Gasteiger charge is -2.21. The van der Waals surface area contributed by atoms with Crippen molar-refractivity contribution in [3.8, 4) is 0 Å². The fraction of sp³-hybridized carbons (Fsp3) is 1.00. The zero-order valence-corrected chi connectivity index (χ0v) is 9.48. The summed E-state index contributed by atoms with van der Waals surface area (Å²) in [7, 11) is -3.33. The van der Waals surface area contributed by atoms with Crippen LogP contribution < -0.4 is 5.32 Å². The van der Waals surface area contributed by atoms with Crippen LogP contribution in [0.25, 0.3) is 0 Å². The molecule has 1 saturated heterocycles. The Bertz CT molecular complexity index is 341. The molecule has 0 bridgehead atoms. The summed E-state index contributed by atoms with van der Waals surface area (Å²) in [6, 6.07) is -1.71. The van der Waals surface area contributed by atoms with E-state index in [1.807, 2.05) is 0 Å². The van der Waals surface area contributed by atoms with Crippen molar-refractivity contribution >= 4 is 9.84 Å². The first-order valence-corrected chi connectivity index (χ1v) is 6.62. The largest absolute Gasteiger partial charge is 0.390 e. The van der Waals surface area contributed by atoms with Gasteiger partial charge in [-0.15, -0.1) is 0 Å². The Balaban J connectivity index is 2.50. The highest BCUT2D eigenvalue weighted by Gasteiger charge is 2.38. The third-order valence-electron chi connectivity index (χ3n) is 2.36. The van der Waals surface area contributed by atoms with Crippen molar-refractivity contribution in [2.45, 2.75) is 37.7 Å². The Morgan fingerprint density at radius 3 is 2.38 bits per heavy atom. The van der Waals surface area contributed by atoms with Gasteiger partial charge in [0.1, 0.15) is 0 Å². The molecule has 1 aliphatic rings. The fourth-order valence-corrected chi connectivity index (χ4v) is 3.51. The number of halogens is 3. The van der Waals surface area contributed by atoms with Gasteiger partial charge in [0.25, 0.3) is 0 Å². The zero-order chi connectivity index (χ0) is 12.6. The highest BCUT2D eigenvalue weighted by molar-refractivity contribution is 7.91. The summed E-state index contributed by atoms with van der Waals surface area (Å²) in [6.07, 6.45) is -6.47. The Labute approximate surface area is 91.8 Å². The molecule has 0 aromatic heterocycles. The summed E-state index contributed by atoms with van der Waals surface area (Å²) in [5.41, 5.74) is 0. The summed E-state index contributed by atoms with van der Waals surface area (Å²) in [6.45, 7) is 1.31. The predicted octanol–water partition coefficient (Wildman–Crippen LogP) is 0.0748. The van der Waals surface area contributed by atoms with E-state index in [0.29, 0.717) is 0 Å². The van der Waals surface area contributed by atoms with Crippen molar-refractivity contribution in [2.75, 3.05) is 11.5 Å². The maximum atomic E-state index is 12.0. The Morgan fingerprint density at radius 1 is 1.44 bits per heavy atom. The van der Waals surface area contributed by atoms with Crippen LogP contribution in [0.4, 0.5) is 13.2 Å². The molecule has 0 aromatic rings. The van der Waals surface area contributed by atoms with Gasteiger partial charge in [0, 0.05) is 12.1 Å². The van der Waals surface area contributed by atoms with Crippen LogP contribution in [0.2, 0.25) is 0 Å². The van der Waals surface area contributed by atoms with E-state index >= 15 is 0 Å². The number of hydrogen-bond acceptors (Lipinski definition) is 4. The number of aliphatic hydroxyl groups is 1. The summed E-state index contributed by atoms with van der Waals surface area (Å²) in [5.74, 6) is -0.695. The van der Waals surface area contributed by atoms with Gasteiger partial charge >= 0.3 is 6.18 Å². The normalized spacial score (nSPS) is 31.6. The van der Waals surface area contributed by atoms with Gasteiger partial charge in [0.05, 0.1) is 24.0 Å². The summed E-state index contributed by atoms with van der Waals surface area (Å²) in [5, 5.41) is 11.8. The monoisotopic (exact) mass is 261 g/mol. The smallest absolute Gasteiger partial charge is 0.390 e. The van der Waals surface area contributed by atoms with Gasteiger partial charge in [-0.3, -0.25) is 0 Å². The second kappa shape index (κ2) is 4.50. The average molecular weight is 261 g/mol. The third-order valence-corrected chi connectivity index (χ3v) is 4.08. The van der Waals surface area contributed by atoms with Gasteiger partial charge in [0.2, 0.25) is 0 Å². The van der Waals surface area contributed by atoms with Gasteiger partial charge in [-0.2, -0.15) is 13.2 Å². The van der Waals surface area contributed by atoms with Gasteiger partial charge in [-0.1, -0.05) is 0 Å². The number of aliphatic hydroxyl groups excluding tert-OH is 1. The second-order valence-corrected chi connectivity index (χ2v) is 6.29. The Morgan fingerprint density at radius 2 is 2.00 bits per heavy atom. The van der Waals surface area contributed by atoms with Crippen LogP contribution in [-0.4, -0.2) is 49.4 Å². The van der Waals surface area contributed by atoms with E-state index in [4.69, 9.17) is 0 Å². The van der Waals surface area contributed by atoms with Crippen molar-refractivity contribution in [2.24, 2.45) is 0 Å². The average Bonchev–Trinajstić information content (AvgIpc) is 2.19. The molecule has 0 radical (unpaired) electrons. The van der Waals surface area contributed by atoms with E-state index in [1.54, 1.807) is 0 Å². The SMILES string of the molecule is CC(CC(F)(F)F)NC1CS(=O)(=O)CC1O. The molecule has 4 nitrogen and oxygen atoms in total. The maximum absolute atomic E-state index is 12.0. The minimum Gasteiger partial charge on any atom is -0.390 e. The number of hydrogen-bond donors (Lipinski definition) is 2. The molecule has 1 aliphatic heterocycles. The molecule has 3 atom stereocenters. The van der Waals surface area contributed by atoms with Crippen LogP contribution in [-0.2, 0) is 9.84 Å². The van der Waals surface area contributed by atoms with Crippen LogP contribution in [0.1, 0.15) is 13.3 Å². The van der Waals surface area contributed by atoms with Crippen LogP contribution in [0.15, 0.2) is 0 Å². The lowest BCUT2D eigenvalue weighted by atomic mass is 10.1. The predicted molar refractivity (Wildman–Crippen MR) is 51.7 cm³/mol. The van der Waals surface area contributed by atoms with E-state index in [-0.39, 0.29) is 11.5 Å². The second-order valence-electron chi connectivity index (χ2n) is 4.14. The van der Waals surface area contributed by atoms with Crippen molar-refractivity contribution in [1.29, 1.82) is 0 Å². The van der Waals surface area contributed by atoms with Crippen LogP contribution in [0, 0.1) is 0 Å². The number of alkyl halides is 3. The van der Waals surface area contributed by atoms with Gasteiger partial charge < -0.3 is 10.4 Å². The van der Waals surface area contributed by atoms with Crippen LogP contribution in [0.3, 0.4) is 0 Å². The van der Waals surface area contributed by atoms with Gasteiger partial charge in [-0.25, -0.2) is 8.42 Å². The molecular weight excluding hydrogens is 247 g/mol. The summed E-state index contributed by atoms with van der Waals surface area (Å²) >= 11 is 0. The van der Waals surface area contributed by atoms with Crippen molar-refractivity contribution in [3.05, 3.63) is 0 Å². The standard InChI is InChI=1S/C8H14F3NO3S/c1-5(2-8(9,10)11)12-6-3-16(14,15)4-7(6)13/h5-7,12-13H,2-4H2,1H3. The topological polar surface area (TPSA) is 66.4 Å². The number of rotatable bonds is 3. The fourth-order valence-electron chi connectivity index (χ4n) is 1.76. The van der Waals surface area contributed by atoms with Gasteiger partial charge in [-0.05, 0) is 6.92 Å². The van der Waals surface area contributed by atoms with E-state index < -0.39 is 40.6 Å². The third kappa shape index (κ3) is 4.26. The Kier molecular flexibility index (Phi) is 3.86. The minimum absolute atomic E-state index is 0.309. The Hall–Kier alpha value is -0.340. The first-order chi connectivity index (χ1) is 7.09. The quantitative estimate of drug-likeness (QED) is 0.755. The first kappa shape index (κ1) is 13.7. The highest BCUT2D eigenvalue weighted by Crippen LogP contribution is 2.22. The van der Waals surface area contributed by atoms with E-state index in [1.165, 1.54) is 6.92 Å². The summed E-state index contributed by atoms with van der Waals surface area (Å²) in [4.78, 5) is 0. The molecule has 0 amide bonds. The lowest BCUT2D eigenvalue weighted by Crippen LogP contribution is -2.45. The molecular formula is C8H14F3NO3S. The molecule has 96 valence electrons. The molecule has 1 fully saturated rings. The zero-order valence-electron chi connectivity index (χ0n) is 8.66. The molecule has 0 aromatic carbocycles. The molecule has 0 aliphatic carbocycles. The van der Waals surface area contributed by atoms with E-state index in [2.05, 4.69) is 5.32 Å². The van der Waals surface area contributed by atoms with Crippen LogP contribution >= 0.6 is 0 Å². The molecule has 2 N–H and O–H groups in total. The highest BCUT2D eigenvalue weighted by atomic mass is 32.2. The molecule has 16 heavy (non-hydrogen) atoms. The number of sulfone groups is 1. The molecule has 1 heterocycles. The molecule has 1 rings (SSSR count). The van der Waals surface area contributed by atoms with E-state index in [9.17, 15) is 26.7 Å². The maximum Gasteiger partial charge on any atom is 0.390 e. The number of nitrogens with one attached hydrogen (secondary N) is 1. The van der Waals surface area contributed by atoms with Crippen molar-refractivity contribution in [3.63, 3.8) is 0 Å². The first-order valence-electron chi connectivity index (χ1n) is 4.80. The molecule has 3 unspecified atom stereocenters.